The summed E-state index contributed by atoms with van der Waals surface area (Å²) in [6, 6.07) is 17.5. The Bertz CT molecular complexity index is 1460. The SMILES string of the molecule is CCC1=C2[C@@H](CC/C(=C/c3ccc(CO)o3)c3ccccc3)OB(O)C[C@@H]2[C@@H]2C(=O)N(Cc3cccs3)C(=O)[C@@H]2C1. The molecule has 4 heterocycles. The maximum absolute atomic E-state index is 13.7. The largest absolute Gasteiger partial charge is 0.459 e. The number of likely N-dealkylation sites (tertiary alicyclic amines) is 1. The molecule has 2 amide bonds. The molecule has 0 spiro atoms. The van der Waals surface area contributed by atoms with Gasteiger partial charge in [-0.15, -0.1) is 11.3 Å². The highest BCUT2D eigenvalue weighted by molar-refractivity contribution is 7.09. The van der Waals surface area contributed by atoms with Crippen molar-refractivity contribution < 1.29 is 28.8 Å². The molecule has 2 aromatic heterocycles. The third-order valence-electron chi connectivity index (χ3n) is 8.70. The zero-order chi connectivity index (χ0) is 28.5. The fraction of sp³-hybridized carbons (Fsp3) is 0.375. The van der Waals surface area contributed by atoms with Gasteiger partial charge in [0.1, 0.15) is 18.1 Å². The Morgan fingerprint density at radius 3 is 2.63 bits per heavy atom. The number of aliphatic hydroxyl groups is 1. The normalized spacial score (nSPS) is 24.7. The van der Waals surface area contributed by atoms with E-state index in [1.807, 2.05) is 60.0 Å². The Morgan fingerprint density at radius 1 is 1.10 bits per heavy atom. The number of amides is 2. The molecule has 6 rings (SSSR count). The van der Waals surface area contributed by atoms with E-state index in [-0.39, 0.29) is 36.4 Å². The number of fused-ring (bicyclic) bond motifs is 3. The summed E-state index contributed by atoms with van der Waals surface area (Å²) in [7, 11) is -0.999. The summed E-state index contributed by atoms with van der Waals surface area (Å²) in [5.41, 5.74) is 4.38. The van der Waals surface area contributed by atoms with Crippen molar-refractivity contribution in [1.29, 1.82) is 0 Å². The summed E-state index contributed by atoms with van der Waals surface area (Å²) in [6.45, 7) is 2.24. The van der Waals surface area contributed by atoms with Gasteiger partial charge in [-0.3, -0.25) is 14.5 Å². The minimum atomic E-state index is -0.999. The summed E-state index contributed by atoms with van der Waals surface area (Å²) in [5, 5.41) is 22.3. The number of nitrogens with zero attached hydrogens (tertiary/aromatic N) is 1. The molecule has 212 valence electrons. The van der Waals surface area contributed by atoms with Crippen molar-refractivity contribution in [2.24, 2.45) is 17.8 Å². The first-order chi connectivity index (χ1) is 20.0. The molecule has 2 aliphatic heterocycles. The molecule has 0 saturated carbocycles. The molecule has 3 aliphatic rings. The highest BCUT2D eigenvalue weighted by Crippen LogP contribution is 2.51. The van der Waals surface area contributed by atoms with Gasteiger partial charge in [0.05, 0.1) is 24.5 Å². The Morgan fingerprint density at radius 2 is 1.93 bits per heavy atom. The van der Waals surface area contributed by atoms with Crippen molar-refractivity contribution in [2.75, 3.05) is 0 Å². The third-order valence-corrected chi connectivity index (χ3v) is 9.56. The average Bonchev–Trinajstić information content (AvgIpc) is 3.73. The first kappa shape index (κ1) is 27.9. The van der Waals surface area contributed by atoms with Gasteiger partial charge in [-0.25, -0.2) is 0 Å². The Labute approximate surface area is 244 Å². The fourth-order valence-electron chi connectivity index (χ4n) is 6.85. The summed E-state index contributed by atoms with van der Waals surface area (Å²) >= 11 is 1.55. The minimum absolute atomic E-state index is 0.0917. The number of hydrogen-bond acceptors (Lipinski definition) is 7. The second-order valence-electron chi connectivity index (χ2n) is 11.0. The van der Waals surface area contributed by atoms with Crippen LogP contribution in [0.25, 0.3) is 11.6 Å². The molecule has 2 saturated heterocycles. The van der Waals surface area contributed by atoms with E-state index in [4.69, 9.17) is 9.07 Å². The van der Waals surface area contributed by atoms with Crippen LogP contribution < -0.4 is 0 Å². The van der Waals surface area contributed by atoms with E-state index in [1.54, 1.807) is 17.4 Å². The van der Waals surface area contributed by atoms with Crippen molar-refractivity contribution in [2.45, 2.75) is 58.2 Å². The molecule has 0 unspecified atom stereocenters. The lowest BCUT2D eigenvalue weighted by Gasteiger charge is -2.43. The predicted molar refractivity (Wildman–Crippen MR) is 158 cm³/mol. The van der Waals surface area contributed by atoms with Gasteiger partial charge in [0.25, 0.3) is 0 Å². The van der Waals surface area contributed by atoms with Gasteiger partial charge in [0.2, 0.25) is 11.8 Å². The molecule has 4 atom stereocenters. The van der Waals surface area contributed by atoms with Crippen LogP contribution in [0.1, 0.15) is 54.6 Å². The number of rotatable bonds is 9. The van der Waals surface area contributed by atoms with E-state index in [2.05, 4.69) is 6.92 Å². The van der Waals surface area contributed by atoms with Crippen LogP contribution in [0.2, 0.25) is 6.32 Å². The number of carbonyl (C=O) groups excluding carboxylic acids is 2. The fourth-order valence-corrected chi connectivity index (χ4v) is 7.54. The van der Waals surface area contributed by atoms with Gasteiger partial charge in [0, 0.05) is 4.88 Å². The highest BCUT2D eigenvalue weighted by Gasteiger charge is 2.57. The van der Waals surface area contributed by atoms with E-state index in [0.29, 0.717) is 43.6 Å². The average molecular weight is 572 g/mol. The first-order valence-electron chi connectivity index (χ1n) is 14.3. The molecular weight excluding hydrogens is 537 g/mol. The molecule has 41 heavy (non-hydrogen) atoms. The molecule has 0 radical (unpaired) electrons. The summed E-state index contributed by atoms with van der Waals surface area (Å²) in [4.78, 5) is 29.7. The van der Waals surface area contributed by atoms with Gasteiger partial charge < -0.3 is 19.2 Å². The van der Waals surface area contributed by atoms with Crippen LogP contribution in [-0.2, 0) is 27.4 Å². The zero-order valence-corrected chi connectivity index (χ0v) is 23.9. The summed E-state index contributed by atoms with van der Waals surface area (Å²) < 4.78 is 11.9. The van der Waals surface area contributed by atoms with Gasteiger partial charge in [-0.1, -0.05) is 48.9 Å². The molecule has 2 fully saturated rings. The molecule has 0 bridgehead atoms. The number of benzene rings is 1. The van der Waals surface area contributed by atoms with Crippen LogP contribution >= 0.6 is 11.3 Å². The Balaban J connectivity index is 1.28. The van der Waals surface area contributed by atoms with Crippen molar-refractivity contribution >= 4 is 41.9 Å². The van der Waals surface area contributed by atoms with E-state index in [1.165, 1.54) is 10.5 Å². The standard InChI is InChI=1S/C32H34BNO6S/c1-2-20-16-26-30(32(37)34(31(26)36)18-25-9-6-14-41-25)27-17-33(38)40-28(29(20)27)13-10-22(21-7-4-3-5-8-21)15-23-11-12-24(19-35)39-23/h3-9,11-12,14-15,26-28,30,35,38H,2,10,13,16-19H2,1H3/b22-15-/t26-,27+,28-,30-/m1/s1. The predicted octanol–water partition coefficient (Wildman–Crippen LogP) is 5.56. The lowest BCUT2D eigenvalue weighted by Crippen LogP contribution is -2.46. The van der Waals surface area contributed by atoms with Gasteiger partial charge in [0.15, 0.2) is 0 Å². The number of carbonyl (C=O) groups is 2. The summed E-state index contributed by atoms with van der Waals surface area (Å²) in [5.74, 6) is -0.112. The van der Waals surface area contributed by atoms with E-state index in [0.717, 1.165) is 28.0 Å². The van der Waals surface area contributed by atoms with Crippen LogP contribution in [-0.4, -0.2) is 40.1 Å². The van der Waals surface area contributed by atoms with Crippen LogP contribution in [0, 0.1) is 17.8 Å². The molecule has 1 aliphatic carbocycles. The number of thiophene rings is 1. The number of hydrogen-bond donors (Lipinski definition) is 2. The Kier molecular flexibility index (Phi) is 8.13. The third kappa shape index (κ3) is 5.51. The van der Waals surface area contributed by atoms with Crippen LogP contribution in [0.3, 0.4) is 0 Å². The van der Waals surface area contributed by atoms with Crippen molar-refractivity contribution in [3.63, 3.8) is 0 Å². The zero-order valence-electron chi connectivity index (χ0n) is 23.1. The second-order valence-corrected chi connectivity index (χ2v) is 12.1. The monoisotopic (exact) mass is 571 g/mol. The van der Waals surface area contributed by atoms with Gasteiger partial charge in [-0.05, 0) is 84.3 Å². The van der Waals surface area contributed by atoms with Crippen LogP contribution in [0.15, 0.2) is 75.5 Å². The Hall–Kier alpha value is -3.24. The molecule has 3 aromatic rings. The molecule has 7 nitrogen and oxygen atoms in total. The lowest BCUT2D eigenvalue weighted by molar-refractivity contribution is -0.140. The number of allylic oxidation sites excluding steroid dienone is 2. The van der Waals surface area contributed by atoms with Crippen LogP contribution in [0.4, 0.5) is 0 Å². The van der Waals surface area contributed by atoms with Gasteiger partial charge >= 0.3 is 7.12 Å². The number of imide groups is 1. The van der Waals surface area contributed by atoms with Crippen LogP contribution in [0.5, 0.6) is 0 Å². The van der Waals surface area contributed by atoms with E-state index in [9.17, 15) is 19.7 Å². The topological polar surface area (TPSA) is 100 Å². The van der Waals surface area contributed by atoms with E-state index >= 15 is 0 Å². The second kappa shape index (κ2) is 11.9. The van der Waals surface area contributed by atoms with Crippen molar-refractivity contribution in [3.8, 4) is 0 Å². The molecule has 2 N–H and O–H groups in total. The molecule has 1 aromatic carbocycles. The molecule has 9 heteroatoms. The lowest BCUT2D eigenvalue weighted by atomic mass is 9.58. The van der Waals surface area contributed by atoms with Gasteiger partial charge in [-0.2, -0.15) is 0 Å². The minimum Gasteiger partial charge on any atom is -0.459 e. The van der Waals surface area contributed by atoms with E-state index < -0.39 is 13.0 Å². The number of furan rings is 1. The van der Waals surface area contributed by atoms with Crippen molar-refractivity contribution in [3.05, 3.63) is 93.1 Å². The summed E-state index contributed by atoms with van der Waals surface area (Å²) in [6.07, 6.45) is 4.54. The maximum atomic E-state index is 13.7. The highest BCUT2D eigenvalue weighted by atomic mass is 32.1. The quantitative estimate of drug-likeness (QED) is 0.198. The maximum Gasteiger partial charge on any atom is 0.455 e. The first-order valence-corrected chi connectivity index (χ1v) is 15.2. The number of aliphatic hydroxyl groups excluding tert-OH is 1. The van der Waals surface area contributed by atoms with Crippen molar-refractivity contribution in [1.82, 2.24) is 4.90 Å². The smallest absolute Gasteiger partial charge is 0.455 e. The molecular formula is C32H34BNO6S.